The first-order valence-electron chi connectivity index (χ1n) is 8.05. The molecular weight excluding hydrogens is 320 g/mol. The zero-order valence-electron chi connectivity index (χ0n) is 14.2. The molecule has 24 heavy (non-hydrogen) atoms. The summed E-state index contributed by atoms with van der Waals surface area (Å²) in [5, 5.41) is 2.93. The number of nitrogens with zero attached hydrogens (tertiary/aromatic N) is 1. The SMILES string of the molecule is COCCNC(=O)c1cc2sc(C)cc2n1[C@@H](C)c1ccccc1. The highest BCUT2D eigenvalue weighted by Gasteiger charge is 2.21. The van der Waals surface area contributed by atoms with Crippen molar-refractivity contribution in [1.82, 2.24) is 9.88 Å². The molecule has 0 bridgehead atoms. The van der Waals surface area contributed by atoms with E-state index >= 15 is 0 Å². The molecule has 2 heterocycles. The molecule has 0 radical (unpaired) electrons. The lowest BCUT2D eigenvalue weighted by Crippen LogP contribution is -2.29. The van der Waals surface area contributed by atoms with Crippen molar-refractivity contribution in [3.05, 3.63) is 58.6 Å². The number of benzene rings is 1. The monoisotopic (exact) mass is 342 g/mol. The van der Waals surface area contributed by atoms with Crippen LogP contribution in [0.4, 0.5) is 0 Å². The number of aromatic nitrogens is 1. The third kappa shape index (κ3) is 3.23. The predicted molar refractivity (Wildman–Crippen MR) is 99.0 cm³/mol. The fourth-order valence-corrected chi connectivity index (χ4v) is 3.91. The Morgan fingerprint density at radius 1 is 1.29 bits per heavy atom. The van der Waals surface area contributed by atoms with Gasteiger partial charge in [-0.25, -0.2) is 0 Å². The summed E-state index contributed by atoms with van der Waals surface area (Å²) in [6.45, 7) is 5.25. The number of amides is 1. The van der Waals surface area contributed by atoms with Crippen LogP contribution in [0.2, 0.25) is 0 Å². The molecule has 5 heteroatoms. The van der Waals surface area contributed by atoms with Crippen molar-refractivity contribution in [1.29, 1.82) is 0 Å². The van der Waals surface area contributed by atoms with Crippen LogP contribution in [0.15, 0.2) is 42.5 Å². The van der Waals surface area contributed by atoms with E-state index in [1.807, 2.05) is 24.3 Å². The second-order valence-corrected chi connectivity index (χ2v) is 7.13. The standard InChI is InChI=1S/C19H22N2O2S/c1-13-11-16-18(24-13)12-17(19(22)20-9-10-23-3)21(16)14(2)15-7-5-4-6-8-15/h4-8,11-12,14H,9-10H2,1-3H3,(H,20,22)/t14-/m0/s1. The Morgan fingerprint density at radius 2 is 2.04 bits per heavy atom. The minimum atomic E-state index is -0.0594. The molecule has 126 valence electrons. The van der Waals surface area contributed by atoms with Crippen LogP contribution in [-0.2, 0) is 4.74 Å². The zero-order chi connectivity index (χ0) is 17.1. The van der Waals surface area contributed by atoms with Gasteiger partial charge < -0.3 is 14.6 Å². The molecule has 0 aliphatic rings. The number of aryl methyl sites for hydroxylation is 1. The topological polar surface area (TPSA) is 43.3 Å². The second-order valence-electron chi connectivity index (χ2n) is 5.84. The van der Waals surface area contributed by atoms with Gasteiger partial charge >= 0.3 is 0 Å². The van der Waals surface area contributed by atoms with Crippen molar-refractivity contribution in [2.45, 2.75) is 19.9 Å². The van der Waals surface area contributed by atoms with Gasteiger partial charge in [0.2, 0.25) is 0 Å². The Morgan fingerprint density at radius 3 is 2.75 bits per heavy atom. The summed E-state index contributed by atoms with van der Waals surface area (Å²) in [6, 6.07) is 14.5. The summed E-state index contributed by atoms with van der Waals surface area (Å²) in [7, 11) is 1.63. The normalized spacial score (nSPS) is 12.5. The molecule has 3 rings (SSSR count). The van der Waals surface area contributed by atoms with Crippen molar-refractivity contribution in [3.8, 4) is 0 Å². The third-order valence-electron chi connectivity index (χ3n) is 4.14. The van der Waals surface area contributed by atoms with Gasteiger partial charge in [-0.2, -0.15) is 0 Å². The molecule has 1 atom stereocenters. The zero-order valence-corrected chi connectivity index (χ0v) is 15.0. The first-order chi connectivity index (χ1) is 11.6. The first-order valence-corrected chi connectivity index (χ1v) is 8.87. The molecule has 4 nitrogen and oxygen atoms in total. The van der Waals surface area contributed by atoms with Crippen LogP contribution in [0.1, 0.15) is 33.9 Å². The molecule has 1 N–H and O–H groups in total. The number of ether oxygens (including phenoxy) is 1. The Balaban J connectivity index is 2.02. The molecule has 0 unspecified atom stereocenters. The fourth-order valence-electron chi connectivity index (χ4n) is 2.96. The highest BCUT2D eigenvalue weighted by molar-refractivity contribution is 7.19. The Kier molecular flexibility index (Phi) is 5.02. The average molecular weight is 342 g/mol. The van der Waals surface area contributed by atoms with Crippen LogP contribution >= 0.6 is 11.3 Å². The maximum atomic E-state index is 12.6. The van der Waals surface area contributed by atoms with E-state index in [2.05, 4.69) is 41.9 Å². The largest absolute Gasteiger partial charge is 0.383 e. The van der Waals surface area contributed by atoms with Crippen molar-refractivity contribution in [3.63, 3.8) is 0 Å². The van der Waals surface area contributed by atoms with Gasteiger partial charge in [-0.1, -0.05) is 30.3 Å². The number of thiophene rings is 1. The summed E-state index contributed by atoms with van der Waals surface area (Å²) < 4.78 is 8.30. The van der Waals surface area contributed by atoms with Crippen LogP contribution in [0.25, 0.3) is 10.2 Å². The van der Waals surface area contributed by atoms with Gasteiger partial charge in [-0.05, 0) is 31.5 Å². The summed E-state index contributed by atoms with van der Waals surface area (Å²) in [5.41, 5.74) is 3.00. The van der Waals surface area contributed by atoms with E-state index in [4.69, 9.17) is 4.74 Å². The Labute approximate surface area is 146 Å². The minimum Gasteiger partial charge on any atom is -0.383 e. The van der Waals surface area contributed by atoms with Gasteiger partial charge in [0.1, 0.15) is 5.69 Å². The van der Waals surface area contributed by atoms with Crippen LogP contribution in [0.5, 0.6) is 0 Å². The molecule has 0 spiro atoms. The lowest BCUT2D eigenvalue weighted by atomic mass is 10.1. The van der Waals surface area contributed by atoms with Crippen LogP contribution in [0.3, 0.4) is 0 Å². The Bertz CT molecular complexity index is 836. The van der Waals surface area contributed by atoms with Crippen LogP contribution in [-0.4, -0.2) is 30.7 Å². The molecule has 0 saturated carbocycles. The van der Waals surface area contributed by atoms with E-state index in [0.717, 1.165) is 10.2 Å². The fraction of sp³-hybridized carbons (Fsp3) is 0.316. The Hall–Kier alpha value is -2.11. The van der Waals surface area contributed by atoms with Crippen molar-refractivity contribution >= 4 is 27.5 Å². The van der Waals surface area contributed by atoms with Crippen LogP contribution < -0.4 is 5.32 Å². The molecule has 0 aliphatic carbocycles. The lowest BCUT2D eigenvalue weighted by Gasteiger charge is -2.19. The summed E-state index contributed by atoms with van der Waals surface area (Å²) in [5.74, 6) is -0.0594. The summed E-state index contributed by atoms with van der Waals surface area (Å²) in [6.07, 6.45) is 0. The molecule has 2 aromatic heterocycles. The smallest absolute Gasteiger partial charge is 0.268 e. The van der Waals surface area contributed by atoms with E-state index in [9.17, 15) is 4.79 Å². The van der Waals surface area contributed by atoms with E-state index in [-0.39, 0.29) is 11.9 Å². The number of nitrogens with one attached hydrogen (secondary N) is 1. The van der Waals surface area contributed by atoms with Gasteiger partial charge in [-0.3, -0.25) is 4.79 Å². The maximum Gasteiger partial charge on any atom is 0.268 e. The maximum absolute atomic E-state index is 12.6. The highest BCUT2D eigenvalue weighted by Crippen LogP contribution is 2.33. The van der Waals surface area contributed by atoms with Crippen molar-refractivity contribution < 1.29 is 9.53 Å². The van der Waals surface area contributed by atoms with Crippen molar-refractivity contribution in [2.75, 3.05) is 20.3 Å². The lowest BCUT2D eigenvalue weighted by molar-refractivity contribution is 0.0927. The molecule has 0 aliphatic heterocycles. The number of hydrogen-bond acceptors (Lipinski definition) is 3. The molecule has 1 aromatic carbocycles. The first kappa shape index (κ1) is 16.7. The number of carbonyl (C=O) groups excluding carboxylic acids is 1. The quantitative estimate of drug-likeness (QED) is 0.688. The number of methoxy groups -OCH3 is 1. The van der Waals surface area contributed by atoms with Crippen molar-refractivity contribution in [2.24, 2.45) is 0 Å². The van der Waals surface area contributed by atoms with Gasteiger partial charge in [0.05, 0.1) is 22.9 Å². The predicted octanol–water partition coefficient (Wildman–Crippen LogP) is 4.00. The second kappa shape index (κ2) is 7.20. The minimum absolute atomic E-state index is 0.0594. The molecule has 0 saturated heterocycles. The third-order valence-corrected chi connectivity index (χ3v) is 5.13. The van der Waals surface area contributed by atoms with Gasteiger partial charge in [-0.15, -0.1) is 11.3 Å². The number of rotatable bonds is 6. The van der Waals surface area contributed by atoms with Gasteiger partial charge in [0.25, 0.3) is 5.91 Å². The highest BCUT2D eigenvalue weighted by atomic mass is 32.1. The van der Waals surface area contributed by atoms with Gasteiger partial charge in [0, 0.05) is 18.5 Å². The number of fused-ring (bicyclic) bond motifs is 1. The van der Waals surface area contributed by atoms with E-state index < -0.39 is 0 Å². The molecule has 1 amide bonds. The average Bonchev–Trinajstić information content (AvgIpc) is 3.11. The van der Waals surface area contributed by atoms with E-state index in [1.54, 1.807) is 18.4 Å². The molecule has 3 aromatic rings. The number of carbonyl (C=O) groups is 1. The summed E-state index contributed by atoms with van der Waals surface area (Å²) >= 11 is 1.72. The molecule has 0 fully saturated rings. The molecular formula is C19H22N2O2S. The van der Waals surface area contributed by atoms with E-state index in [0.29, 0.717) is 18.8 Å². The van der Waals surface area contributed by atoms with E-state index in [1.165, 1.54) is 10.4 Å². The van der Waals surface area contributed by atoms with Gasteiger partial charge in [0.15, 0.2) is 0 Å². The van der Waals surface area contributed by atoms with Crippen LogP contribution in [0, 0.1) is 6.92 Å². The number of hydrogen-bond donors (Lipinski definition) is 1. The summed E-state index contributed by atoms with van der Waals surface area (Å²) in [4.78, 5) is 13.9.